The fourth-order valence-electron chi connectivity index (χ4n) is 1.68. The number of H-pyrrole nitrogens is 1. The van der Waals surface area contributed by atoms with Gasteiger partial charge in [0.2, 0.25) is 0 Å². The number of benzene rings is 1. The largest absolute Gasteiger partial charge is 0.494 e. The maximum Gasteiger partial charge on any atom is 0.296 e. The highest BCUT2D eigenvalue weighted by molar-refractivity contribution is 6.05. The van der Waals surface area contributed by atoms with Gasteiger partial charge in [-0.15, -0.1) is 0 Å². The van der Waals surface area contributed by atoms with Gasteiger partial charge < -0.3 is 15.0 Å². The van der Waals surface area contributed by atoms with Crippen molar-refractivity contribution in [2.75, 3.05) is 11.9 Å². The van der Waals surface area contributed by atoms with Gasteiger partial charge in [0.05, 0.1) is 23.2 Å². The van der Waals surface area contributed by atoms with Crippen molar-refractivity contribution in [1.82, 2.24) is 4.98 Å². The summed E-state index contributed by atoms with van der Waals surface area (Å²) in [7, 11) is 0. The maximum absolute atomic E-state index is 11.9. The van der Waals surface area contributed by atoms with E-state index in [2.05, 4.69) is 10.3 Å². The number of nitro groups is 1. The van der Waals surface area contributed by atoms with E-state index in [9.17, 15) is 14.9 Å². The number of nitrogens with one attached hydrogen (secondary N) is 2. The van der Waals surface area contributed by atoms with Crippen LogP contribution in [-0.2, 0) is 0 Å². The van der Waals surface area contributed by atoms with Crippen molar-refractivity contribution in [3.05, 3.63) is 52.3 Å². The van der Waals surface area contributed by atoms with Gasteiger partial charge in [-0.25, -0.2) is 0 Å². The molecule has 1 heterocycles. The molecule has 0 fully saturated rings. The van der Waals surface area contributed by atoms with Crippen LogP contribution in [0.4, 0.5) is 11.4 Å². The van der Waals surface area contributed by atoms with Gasteiger partial charge in [0.25, 0.3) is 11.6 Å². The molecule has 0 spiro atoms. The average molecular weight is 275 g/mol. The van der Waals surface area contributed by atoms with Crippen LogP contribution in [0.2, 0.25) is 0 Å². The van der Waals surface area contributed by atoms with E-state index in [1.54, 1.807) is 25.3 Å². The average Bonchev–Trinajstić information content (AvgIpc) is 2.94. The first kappa shape index (κ1) is 13.6. The maximum atomic E-state index is 11.9. The second-order valence-electron chi connectivity index (χ2n) is 3.92. The van der Waals surface area contributed by atoms with E-state index >= 15 is 0 Å². The summed E-state index contributed by atoms with van der Waals surface area (Å²) in [6, 6.07) is 5.89. The number of nitro benzene ring substituents is 1. The van der Waals surface area contributed by atoms with E-state index in [4.69, 9.17) is 4.74 Å². The quantitative estimate of drug-likeness (QED) is 0.647. The first-order valence-corrected chi connectivity index (χ1v) is 5.97. The fraction of sp³-hybridized carbons (Fsp3) is 0.154. The molecular formula is C13H13N3O4. The van der Waals surface area contributed by atoms with Gasteiger partial charge in [-0.1, -0.05) is 0 Å². The number of anilines is 1. The Morgan fingerprint density at radius 1 is 1.45 bits per heavy atom. The number of aromatic nitrogens is 1. The summed E-state index contributed by atoms with van der Waals surface area (Å²) in [6.45, 7) is 2.19. The Bertz CT molecular complexity index is 623. The van der Waals surface area contributed by atoms with Gasteiger partial charge in [0.1, 0.15) is 11.4 Å². The SMILES string of the molecule is CCOc1ccc(NC(=O)c2cc[nH]c2)c([N+](=O)[O-])c1. The molecule has 2 aromatic rings. The van der Waals surface area contributed by atoms with Crippen molar-refractivity contribution >= 4 is 17.3 Å². The number of aromatic amines is 1. The third-order valence-corrected chi connectivity index (χ3v) is 2.59. The number of hydrogen-bond donors (Lipinski definition) is 2. The van der Waals surface area contributed by atoms with Crippen LogP contribution in [0, 0.1) is 10.1 Å². The van der Waals surface area contributed by atoms with Crippen LogP contribution in [0.1, 0.15) is 17.3 Å². The Balaban J connectivity index is 2.27. The summed E-state index contributed by atoms with van der Waals surface area (Å²) in [5, 5.41) is 13.5. The first-order valence-electron chi connectivity index (χ1n) is 5.97. The topological polar surface area (TPSA) is 97.3 Å². The highest BCUT2D eigenvalue weighted by atomic mass is 16.6. The molecule has 0 aliphatic carbocycles. The third kappa shape index (κ3) is 2.94. The van der Waals surface area contributed by atoms with Crippen LogP contribution in [0.15, 0.2) is 36.7 Å². The molecule has 0 aliphatic rings. The lowest BCUT2D eigenvalue weighted by molar-refractivity contribution is -0.384. The second-order valence-corrected chi connectivity index (χ2v) is 3.92. The number of carbonyl (C=O) groups is 1. The minimum Gasteiger partial charge on any atom is -0.494 e. The van der Waals surface area contributed by atoms with Gasteiger partial charge in [-0.2, -0.15) is 0 Å². The minimum absolute atomic E-state index is 0.129. The van der Waals surface area contributed by atoms with Crippen LogP contribution in [-0.4, -0.2) is 22.4 Å². The number of hydrogen-bond acceptors (Lipinski definition) is 4. The van der Waals surface area contributed by atoms with Crippen LogP contribution < -0.4 is 10.1 Å². The van der Waals surface area contributed by atoms with Crippen molar-refractivity contribution in [3.8, 4) is 5.75 Å². The Morgan fingerprint density at radius 3 is 2.85 bits per heavy atom. The normalized spacial score (nSPS) is 10.1. The lowest BCUT2D eigenvalue weighted by Crippen LogP contribution is -2.12. The van der Waals surface area contributed by atoms with Gasteiger partial charge >= 0.3 is 0 Å². The minimum atomic E-state index is -0.560. The molecule has 0 saturated heterocycles. The molecule has 1 aromatic heterocycles. The second kappa shape index (κ2) is 5.87. The Hall–Kier alpha value is -2.83. The van der Waals surface area contributed by atoms with Crippen LogP contribution >= 0.6 is 0 Å². The van der Waals surface area contributed by atoms with Gasteiger partial charge in [-0.05, 0) is 25.1 Å². The van der Waals surface area contributed by atoms with Gasteiger partial charge in [0, 0.05) is 12.4 Å². The zero-order valence-corrected chi connectivity index (χ0v) is 10.8. The number of amides is 1. The van der Waals surface area contributed by atoms with Crippen LogP contribution in [0.3, 0.4) is 0 Å². The van der Waals surface area contributed by atoms with E-state index < -0.39 is 10.8 Å². The Kier molecular flexibility index (Phi) is 3.99. The number of carbonyl (C=O) groups excluding carboxylic acids is 1. The summed E-state index contributed by atoms with van der Waals surface area (Å²) in [5.74, 6) is -0.0302. The summed E-state index contributed by atoms with van der Waals surface area (Å²) >= 11 is 0. The molecule has 7 heteroatoms. The molecule has 7 nitrogen and oxygen atoms in total. The lowest BCUT2D eigenvalue weighted by Gasteiger charge is -2.07. The molecule has 1 aromatic carbocycles. The summed E-state index contributed by atoms with van der Waals surface area (Å²) in [4.78, 5) is 25.1. The zero-order chi connectivity index (χ0) is 14.5. The lowest BCUT2D eigenvalue weighted by atomic mass is 10.2. The molecule has 104 valence electrons. The van der Waals surface area contributed by atoms with E-state index in [0.717, 1.165) is 0 Å². The molecule has 0 unspecified atom stereocenters. The Labute approximate surface area is 114 Å². The molecule has 1 amide bonds. The molecule has 0 bridgehead atoms. The summed E-state index contributed by atoms with van der Waals surface area (Å²) in [6.07, 6.45) is 3.11. The molecular weight excluding hydrogens is 262 g/mol. The van der Waals surface area contributed by atoms with Crippen LogP contribution in [0.5, 0.6) is 5.75 Å². The standard InChI is InChI=1S/C13H13N3O4/c1-2-20-10-3-4-11(12(7-10)16(18)19)15-13(17)9-5-6-14-8-9/h3-8,14H,2H2,1H3,(H,15,17). The molecule has 0 atom stereocenters. The number of ether oxygens (including phenoxy) is 1. The van der Waals surface area contributed by atoms with Crippen molar-refractivity contribution in [3.63, 3.8) is 0 Å². The monoisotopic (exact) mass is 275 g/mol. The van der Waals surface area contributed by atoms with Gasteiger partial charge in [-0.3, -0.25) is 14.9 Å². The molecule has 0 saturated carbocycles. The van der Waals surface area contributed by atoms with E-state index in [-0.39, 0.29) is 11.4 Å². The first-order chi connectivity index (χ1) is 9.61. The summed E-state index contributed by atoms with van der Waals surface area (Å²) < 4.78 is 5.21. The van der Waals surface area contributed by atoms with Crippen LogP contribution in [0.25, 0.3) is 0 Å². The van der Waals surface area contributed by atoms with Crippen molar-refractivity contribution in [2.45, 2.75) is 6.92 Å². The van der Waals surface area contributed by atoms with Crippen molar-refractivity contribution in [1.29, 1.82) is 0 Å². The van der Waals surface area contributed by atoms with Gasteiger partial charge in [0.15, 0.2) is 0 Å². The smallest absolute Gasteiger partial charge is 0.296 e. The van der Waals surface area contributed by atoms with Crippen molar-refractivity contribution < 1.29 is 14.5 Å². The van der Waals surface area contributed by atoms with E-state index in [0.29, 0.717) is 17.9 Å². The number of nitrogens with zero attached hydrogens (tertiary/aromatic N) is 1. The molecule has 0 aliphatic heterocycles. The molecule has 20 heavy (non-hydrogen) atoms. The fourth-order valence-corrected chi connectivity index (χ4v) is 1.68. The molecule has 2 rings (SSSR count). The highest BCUT2D eigenvalue weighted by Crippen LogP contribution is 2.29. The molecule has 0 radical (unpaired) electrons. The van der Waals surface area contributed by atoms with E-state index in [1.807, 2.05) is 0 Å². The summed E-state index contributed by atoms with van der Waals surface area (Å²) in [5.41, 5.74) is 0.317. The third-order valence-electron chi connectivity index (χ3n) is 2.59. The predicted octanol–water partition coefficient (Wildman–Crippen LogP) is 2.57. The van der Waals surface area contributed by atoms with E-state index in [1.165, 1.54) is 18.3 Å². The zero-order valence-electron chi connectivity index (χ0n) is 10.8. The molecule has 2 N–H and O–H groups in total. The number of rotatable bonds is 5. The predicted molar refractivity (Wildman–Crippen MR) is 73.0 cm³/mol. The van der Waals surface area contributed by atoms with Crippen molar-refractivity contribution in [2.24, 2.45) is 0 Å². The Morgan fingerprint density at radius 2 is 2.25 bits per heavy atom. The highest BCUT2D eigenvalue weighted by Gasteiger charge is 2.18.